The highest BCUT2D eigenvalue weighted by Crippen LogP contribution is 2.55. The number of hydrogen-bond acceptors (Lipinski definition) is 5. The first kappa shape index (κ1) is 39.0. The molecule has 6 aromatic carbocycles. The lowest BCUT2D eigenvalue weighted by Crippen LogP contribution is -2.40. The molecule has 0 radical (unpaired) electrons. The number of anilines is 1. The Kier molecular flexibility index (Phi) is 8.98. The number of carbonyl (C=O) groups is 3. The molecule has 0 atom stereocenters. The molecule has 12 rings (SSSR count). The first-order chi connectivity index (χ1) is 31.4. The molecule has 0 bridgehead atoms. The minimum absolute atomic E-state index is 0.0578. The van der Waals surface area contributed by atoms with Crippen molar-refractivity contribution >= 4 is 99.5 Å². The number of benzene rings is 6. The summed E-state index contributed by atoms with van der Waals surface area (Å²) in [5.74, 6) is -0.646. The van der Waals surface area contributed by atoms with Crippen molar-refractivity contribution in [1.82, 2.24) is 9.13 Å². The largest absolute Gasteiger partial charge is 0.341 e. The molecule has 6 nitrogen and oxygen atoms in total. The summed E-state index contributed by atoms with van der Waals surface area (Å²) in [5.41, 5.74) is 13.4. The lowest BCUT2D eigenvalue weighted by Gasteiger charge is -2.33. The smallest absolute Gasteiger partial charge is 0.265 e. The zero-order chi connectivity index (χ0) is 43.4. The lowest BCUT2D eigenvalue weighted by molar-refractivity contribution is 0.0893. The van der Waals surface area contributed by atoms with Crippen LogP contribution in [0.2, 0.25) is 0 Å². The van der Waals surface area contributed by atoms with Crippen molar-refractivity contribution in [3.05, 3.63) is 155 Å². The number of aryl methyl sites for hydroxylation is 1. The Hall–Kier alpha value is -6.61. The second-order valence-electron chi connectivity index (χ2n) is 17.5. The summed E-state index contributed by atoms with van der Waals surface area (Å²) >= 11 is 3.24. The van der Waals surface area contributed by atoms with E-state index < -0.39 is 0 Å². The number of carbonyl (C=O) groups excluding carboxylic acids is 3. The SMILES string of the molecule is CCCCC1(CCCC)c2ccccc2-c2ccc(-n3c4cc(C=O)sc4c4sc(-c5ccc6c7c(cccc57)C(=O)N(c5ccc7c(c5)c5ccccc5n7CC)C6=O)cc43)cc21. The van der Waals surface area contributed by atoms with Gasteiger partial charge in [0.2, 0.25) is 0 Å². The van der Waals surface area contributed by atoms with Crippen LogP contribution in [0.4, 0.5) is 5.69 Å². The maximum atomic E-state index is 14.6. The molecule has 8 heteroatoms. The van der Waals surface area contributed by atoms with E-state index >= 15 is 0 Å². The molecule has 314 valence electrons. The molecule has 0 saturated carbocycles. The van der Waals surface area contributed by atoms with E-state index in [0.29, 0.717) is 27.1 Å². The molecule has 1 aliphatic carbocycles. The van der Waals surface area contributed by atoms with Crippen LogP contribution in [0.1, 0.15) is 101 Å². The maximum Gasteiger partial charge on any atom is 0.265 e. The molecular formula is C56H45N3O3S2. The van der Waals surface area contributed by atoms with Crippen LogP contribution in [0.15, 0.2) is 127 Å². The topological polar surface area (TPSA) is 64.3 Å². The summed E-state index contributed by atoms with van der Waals surface area (Å²) < 4.78 is 6.83. The van der Waals surface area contributed by atoms with Crippen LogP contribution in [-0.2, 0) is 12.0 Å². The highest BCUT2D eigenvalue weighted by atomic mass is 32.1. The Morgan fingerprint density at radius 3 is 1.98 bits per heavy atom. The van der Waals surface area contributed by atoms with Crippen molar-refractivity contribution in [3.63, 3.8) is 0 Å². The van der Waals surface area contributed by atoms with Gasteiger partial charge in [-0.05, 0) is 114 Å². The van der Waals surface area contributed by atoms with Gasteiger partial charge in [0.05, 0.1) is 31.0 Å². The second-order valence-corrected chi connectivity index (χ2v) is 19.6. The number of amides is 2. The molecule has 0 N–H and O–H groups in total. The molecule has 5 heterocycles. The number of unbranched alkanes of at least 4 members (excludes halogenated alkanes) is 2. The van der Waals surface area contributed by atoms with Gasteiger partial charge in [-0.2, -0.15) is 0 Å². The summed E-state index contributed by atoms with van der Waals surface area (Å²) in [6.07, 6.45) is 7.78. The Labute approximate surface area is 379 Å². The third-order valence-electron chi connectivity index (χ3n) is 14.2. The van der Waals surface area contributed by atoms with Gasteiger partial charge in [-0.3, -0.25) is 14.4 Å². The average Bonchev–Trinajstić information content (AvgIpc) is 4.13. The summed E-state index contributed by atoms with van der Waals surface area (Å²) in [6.45, 7) is 7.52. The number of aromatic nitrogens is 2. The third-order valence-corrected chi connectivity index (χ3v) is 16.5. The van der Waals surface area contributed by atoms with Gasteiger partial charge in [0.25, 0.3) is 11.8 Å². The van der Waals surface area contributed by atoms with Crippen LogP contribution in [-0.4, -0.2) is 27.2 Å². The van der Waals surface area contributed by atoms with Gasteiger partial charge in [0.15, 0.2) is 6.29 Å². The highest BCUT2D eigenvalue weighted by molar-refractivity contribution is 7.29. The Morgan fingerprint density at radius 2 is 1.19 bits per heavy atom. The van der Waals surface area contributed by atoms with Gasteiger partial charge in [-0.15, -0.1) is 22.7 Å². The molecule has 1 aliphatic heterocycles. The standard InChI is InChI=1S/C56H45N3O3S2/c1-4-7-26-56(27-8-5-2)44-18-11-9-14-36(44)37-22-20-34(29-45(37)56)58-48-30-35(32-60)63-52(48)53-49(58)31-50(64-53)39-23-24-42-51-40(39)16-13-17-41(51)54(61)59(55(42)62)33-21-25-47-43(28-33)38-15-10-12-19-46(38)57(47)6-3/h9-25,28-32H,4-8,26-27H2,1-3H3. The molecule has 2 aliphatic rings. The van der Waals surface area contributed by atoms with Crippen molar-refractivity contribution in [2.75, 3.05) is 4.90 Å². The zero-order valence-corrected chi connectivity index (χ0v) is 37.7. The van der Waals surface area contributed by atoms with Crippen LogP contribution in [0.3, 0.4) is 0 Å². The Balaban J connectivity index is 0.994. The first-order valence-electron chi connectivity index (χ1n) is 22.6. The molecule has 0 saturated heterocycles. The maximum absolute atomic E-state index is 14.6. The van der Waals surface area contributed by atoms with Gasteiger partial charge in [0, 0.05) is 60.8 Å². The molecule has 0 fully saturated rings. The van der Waals surface area contributed by atoms with Gasteiger partial charge in [0.1, 0.15) is 0 Å². The number of para-hydroxylation sites is 1. The van der Waals surface area contributed by atoms with E-state index in [-0.39, 0.29) is 17.2 Å². The molecule has 0 spiro atoms. The monoisotopic (exact) mass is 871 g/mol. The molecule has 4 aromatic heterocycles. The predicted molar refractivity (Wildman–Crippen MR) is 266 cm³/mol. The van der Waals surface area contributed by atoms with Gasteiger partial charge in [-0.1, -0.05) is 106 Å². The average molecular weight is 872 g/mol. The van der Waals surface area contributed by atoms with Crippen molar-refractivity contribution in [2.24, 2.45) is 0 Å². The molecule has 0 unspecified atom stereocenters. The fourth-order valence-corrected chi connectivity index (χ4v) is 13.6. The van der Waals surface area contributed by atoms with E-state index in [1.165, 1.54) is 38.5 Å². The summed E-state index contributed by atoms with van der Waals surface area (Å²) in [6, 6.07) is 44.3. The summed E-state index contributed by atoms with van der Waals surface area (Å²) in [4.78, 5) is 44.6. The molecule has 2 amide bonds. The van der Waals surface area contributed by atoms with Crippen molar-refractivity contribution in [1.29, 1.82) is 0 Å². The fraction of sp³-hybridized carbons (Fsp3) is 0.196. The van der Waals surface area contributed by atoms with Gasteiger partial charge >= 0.3 is 0 Å². The normalized spacial score (nSPS) is 14.2. The second kappa shape index (κ2) is 14.7. The van der Waals surface area contributed by atoms with Crippen LogP contribution >= 0.6 is 22.7 Å². The number of aldehydes is 1. The van der Waals surface area contributed by atoms with E-state index in [0.717, 1.165) is 115 Å². The first-order valence-corrected chi connectivity index (χ1v) is 24.3. The van der Waals surface area contributed by atoms with Gasteiger partial charge in [-0.25, -0.2) is 4.90 Å². The van der Waals surface area contributed by atoms with Gasteiger partial charge < -0.3 is 9.13 Å². The highest BCUT2D eigenvalue weighted by Gasteiger charge is 2.42. The van der Waals surface area contributed by atoms with Crippen molar-refractivity contribution in [2.45, 2.75) is 71.3 Å². The van der Waals surface area contributed by atoms with Crippen molar-refractivity contribution < 1.29 is 14.4 Å². The van der Waals surface area contributed by atoms with Crippen LogP contribution in [0.25, 0.3) is 80.3 Å². The third kappa shape index (κ3) is 5.39. The Bertz CT molecular complexity index is 3590. The number of imide groups is 1. The lowest BCUT2D eigenvalue weighted by atomic mass is 9.71. The number of thiophene rings is 2. The fourth-order valence-electron chi connectivity index (χ4n) is 11.3. The van der Waals surface area contributed by atoms with E-state index in [4.69, 9.17) is 0 Å². The Morgan fingerprint density at radius 1 is 0.547 bits per heavy atom. The van der Waals surface area contributed by atoms with Crippen LogP contribution in [0, 0.1) is 0 Å². The summed E-state index contributed by atoms with van der Waals surface area (Å²) in [5, 5.41) is 3.67. The summed E-state index contributed by atoms with van der Waals surface area (Å²) in [7, 11) is 0. The molecular weight excluding hydrogens is 827 g/mol. The van der Waals surface area contributed by atoms with E-state index in [9.17, 15) is 14.4 Å². The van der Waals surface area contributed by atoms with Crippen LogP contribution < -0.4 is 4.90 Å². The molecule has 64 heavy (non-hydrogen) atoms. The minimum Gasteiger partial charge on any atom is -0.341 e. The minimum atomic E-state index is -0.323. The van der Waals surface area contributed by atoms with E-state index in [1.807, 2.05) is 66.7 Å². The van der Waals surface area contributed by atoms with E-state index in [1.54, 1.807) is 11.3 Å². The predicted octanol–water partition coefficient (Wildman–Crippen LogP) is 15.1. The zero-order valence-electron chi connectivity index (χ0n) is 36.0. The number of fused-ring (bicyclic) bond motifs is 9. The quantitative estimate of drug-likeness (QED) is 0.0961. The molecule has 10 aromatic rings. The number of nitrogens with zero attached hydrogens (tertiary/aromatic N) is 3. The number of hydrogen-bond donors (Lipinski definition) is 0. The van der Waals surface area contributed by atoms with E-state index in [2.05, 4.69) is 90.6 Å². The van der Waals surface area contributed by atoms with Crippen molar-refractivity contribution in [3.8, 4) is 27.3 Å². The van der Waals surface area contributed by atoms with Crippen LogP contribution in [0.5, 0.6) is 0 Å². The number of rotatable bonds is 11.